The van der Waals surface area contributed by atoms with Crippen LogP contribution in [0.4, 0.5) is 4.79 Å². The fourth-order valence-electron chi connectivity index (χ4n) is 1.77. The van der Waals surface area contributed by atoms with Crippen molar-refractivity contribution in [3.63, 3.8) is 0 Å². The molecule has 2 aromatic carbocycles. The summed E-state index contributed by atoms with van der Waals surface area (Å²) in [5, 5.41) is 3.68. The maximum atomic E-state index is 10.5. The Morgan fingerprint density at radius 1 is 1.04 bits per heavy atom. The molecule has 2 aromatic rings. The van der Waals surface area contributed by atoms with E-state index < -0.39 is 6.03 Å². The maximum absolute atomic E-state index is 10.5. The van der Waals surface area contributed by atoms with Crippen molar-refractivity contribution in [3.05, 3.63) is 59.7 Å². The van der Waals surface area contributed by atoms with Gasteiger partial charge in [-0.05, 0) is 48.9 Å². The standard InChI is InChI=1S/C17H19N3O3/c1-13-2-6-15(7-3-13)22-10-11-23-16-8-4-14(5-9-16)12-19-20-17(18)21/h2-9,12H,10-11H2,1H3,(H3,18,20,21)/b19-12+. The van der Waals surface area contributed by atoms with Crippen LogP contribution in [0.5, 0.6) is 11.5 Å². The summed E-state index contributed by atoms with van der Waals surface area (Å²) in [6.07, 6.45) is 1.50. The fourth-order valence-corrected chi connectivity index (χ4v) is 1.77. The summed E-state index contributed by atoms with van der Waals surface area (Å²) >= 11 is 0. The molecule has 0 radical (unpaired) electrons. The highest BCUT2D eigenvalue weighted by Crippen LogP contribution is 2.13. The molecule has 0 heterocycles. The van der Waals surface area contributed by atoms with Crippen molar-refractivity contribution in [1.29, 1.82) is 0 Å². The zero-order valence-electron chi connectivity index (χ0n) is 12.9. The van der Waals surface area contributed by atoms with E-state index in [2.05, 4.69) is 10.5 Å². The molecule has 0 aliphatic heterocycles. The van der Waals surface area contributed by atoms with Crippen molar-refractivity contribution in [2.75, 3.05) is 13.2 Å². The van der Waals surface area contributed by atoms with Gasteiger partial charge < -0.3 is 15.2 Å². The van der Waals surface area contributed by atoms with Crippen LogP contribution in [-0.4, -0.2) is 25.5 Å². The number of nitrogens with one attached hydrogen (secondary N) is 1. The number of hydrazone groups is 1. The predicted octanol–water partition coefficient (Wildman–Crippen LogP) is 2.46. The molecule has 2 amide bonds. The van der Waals surface area contributed by atoms with Gasteiger partial charge in [0.25, 0.3) is 0 Å². The van der Waals surface area contributed by atoms with Gasteiger partial charge in [0.05, 0.1) is 6.21 Å². The Balaban J connectivity index is 1.72. The molecule has 0 unspecified atom stereocenters. The summed E-state index contributed by atoms with van der Waals surface area (Å²) in [4.78, 5) is 10.5. The van der Waals surface area contributed by atoms with Crippen molar-refractivity contribution in [3.8, 4) is 11.5 Å². The van der Waals surface area contributed by atoms with E-state index >= 15 is 0 Å². The average molecular weight is 313 g/mol. The minimum atomic E-state index is -0.699. The Morgan fingerprint density at radius 3 is 2.09 bits per heavy atom. The summed E-state index contributed by atoms with van der Waals surface area (Å²) in [5.74, 6) is 1.56. The molecule has 6 heteroatoms. The van der Waals surface area contributed by atoms with Crippen molar-refractivity contribution in [2.24, 2.45) is 10.8 Å². The van der Waals surface area contributed by atoms with Gasteiger partial charge in [-0.25, -0.2) is 10.2 Å². The number of rotatable bonds is 7. The van der Waals surface area contributed by atoms with E-state index in [4.69, 9.17) is 15.2 Å². The van der Waals surface area contributed by atoms with Gasteiger partial charge in [-0.1, -0.05) is 17.7 Å². The topological polar surface area (TPSA) is 85.9 Å². The lowest BCUT2D eigenvalue weighted by molar-refractivity contribution is 0.217. The Kier molecular flexibility index (Phi) is 5.99. The first-order valence-corrected chi connectivity index (χ1v) is 7.14. The predicted molar refractivity (Wildman–Crippen MR) is 88.9 cm³/mol. The summed E-state index contributed by atoms with van der Waals surface area (Å²) < 4.78 is 11.2. The summed E-state index contributed by atoms with van der Waals surface area (Å²) in [6.45, 7) is 2.95. The van der Waals surface area contributed by atoms with E-state index in [9.17, 15) is 4.79 Å². The lowest BCUT2D eigenvalue weighted by Crippen LogP contribution is -2.24. The Labute approximate surface area is 134 Å². The number of amides is 2. The molecule has 3 N–H and O–H groups in total. The second-order valence-corrected chi connectivity index (χ2v) is 4.81. The number of nitrogens with zero attached hydrogens (tertiary/aromatic N) is 1. The normalized spacial score (nSPS) is 10.5. The van der Waals surface area contributed by atoms with E-state index in [1.165, 1.54) is 11.8 Å². The van der Waals surface area contributed by atoms with Crippen LogP contribution >= 0.6 is 0 Å². The molecule has 0 saturated heterocycles. The summed E-state index contributed by atoms with van der Waals surface area (Å²) in [6, 6.07) is 14.5. The molecule has 0 bridgehead atoms. The van der Waals surface area contributed by atoms with Crippen LogP contribution in [0.15, 0.2) is 53.6 Å². The quantitative estimate of drug-likeness (QED) is 0.468. The van der Waals surface area contributed by atoms with Gasteiger partial charge in [0.15, 0.2) is 0 Å². The first kappa shape index (κ1) is 16.4. The number of hydrogen-bond acceptors (Lipinski definition) is 4. The summed E-state index contributed by atoms with van der Waals surface area (Å²) in [7, 11) is 0. The van der Waals surface area contributed by atoms with Crippen LogP contribution in [0.25, 0.3) is 0 Å². The van der Waals surface area contributed by atoms with Crippen LogP contribution in [0, 0.1) is 6.92 Å². The van der Waals surface area contributed by atoms with Crippen LogP contribution in [0.2, 0.25) is 0 Å². The fraction of sp³-hybridized carbons (Fsp3) is 0.176. The lowest BCUT2D eigenvalue weighted by atomic mass is 10.2. The lowest BCUT2D eigenvalue weighted by Gasteiger charge is -2.08. The van der Waals surface area contributed by atoms with Crippen LogP contribution in [0.3, 0.4) is 0 Å². The Morgan fingerprint density at radius 2 is 1.57 bits per heavy atom. The number of ether oxygens (including phenoxy) is 2. The van der Waals surface area contributed by atoms with Gasteiger partial charge in [-0.3, -0.25) is 0 Å². The van der Waals surface area contributed by atoms with Gasteiger partial charge in [-0.2, -0.15) is 5.10 Å². The van der Waals surface area contributed by atoms with E-state index in [0.717, 1.165) is 17.1 Å². The SMILES string of the molecule is Cc1ccc(OCCOc2ccc(/C=N/NC(N)=O)cc2)cc1. The minimum absolute atomic E-state index is 0.449. The second kappa shape index (κ2) is 8.43. The first-order valence-electron chi connectivity index (χ1n) is 7.14. The number of aryl methyl sites for hydroxylation is 1. The maximum Gasteiger partial charge on any atom is 0.332 e. The van der Waals surface area contributed by atoms with Crippen molar-refractivity contribution < 1.29 is 14.3 Å². The number of hydrogen-bond donors (Lipinski definition) is 2. The zero-order chi connectivity index (χ0) is 16.5. The van der Waals surface area contributed by atoms with Gasteiger partial charge in [0.2, 0.25) is 0 Å². The van der Waals surface area contributed by atoms with E-state index in [-0.39, 0.29) is 0 Å². The van der Waals surface area contributed by atoms with E-state index in [1.807, 2.05) is 55.5 Å². The molecule has 120 valence electrons. The molecule has 0 fully saturated rings. The second-order valence-electron chi connectivity index (χ2n) is 4.81. The van der Waals surface area contributed by atoms with Crippen molar-refractivity contribution in [1.82, 2.24) is 5.43 Å². The molecular formula is C17H19N3O3. The molecule has 0 aliphatic carbocycles. The first-order chi connectivity index (χ1) is 11.1. The molecule has 0 atom stereocenters. The number of carbonyl (C=O) groups excluding carboxylic acids is 1. The van der Waals surface area contributed by atoms with E-state index in [1.54, 1.807) is 0 Å². The number of carbonyl (C=O) groups is 1. The Hall–Kier alpha value is -3.02. The summed E-state index contributed by atoms with van der Waals surface area (Å²) in [5.41, 5.74) is 9.05. The largest absolute Gasteiger partial charge is 0.490 e. The average Bonchev–Trinajstić information content (AvgIpc) is 2.54. The molecule has 0 saturated carbocycles. The monoisotopic (exact) mass is 313 g/mol. The molecule has 2 rings (SSSR count). The molecule has 23 heavy (non-hydrogen) atoms. The highest BCUT2D eigenvalue weighted by Gasteiger charge is 1.96. The van der Waals surface area contributed by atoms with Crippen molar-refractivity contribution in [2.45, 2.75) is 6.92 Å². The van der Waals surface area contributed by atoms with E-state index in [0.29, 0.717) is 13.2 Å². The van der Waals surface area contributed by atoms with Gasteiger partial charge in [0.1, 0.15) is 24.7 Å². The van der Waals surface area contributed by atoms with Gasteiger partial charge >= 0.3 is 6.03 Å². The highest BCUT2D eigenvalue weighted by molar-refractivity contribution is 5.81. The number of primary amides is 1. The molecule has 0 aliphatic rings. The molecule has 6 nitrogen and oxygen atoms in total. The van der Waals surface area contributed by atoms with Crippen LogP contribution in [-0.2, 0) is 0 Å². The van der Waals surface area contributed by atoms with Crippen LogP contribution in [0.1, 0.15) is 11.1 Å². The number of benzene rings is 2. The highest BCUT2D eigenvalue weighted by atomic mass is 16.5. The minimum Gasteiger partial charge on any atom is -0.490 e. The number of urea groups is 1. The Bertz CT molecular complexity index is 652. The third kappa shape index (κ3) is 6.09. The third-order valence-corrected chi connectivity index (χ3v) is 2.91. The third-order valence-electron chi connectivity index (χ3n) is 2.91. The molecule has 0 spiro atoms. The van der Waals surface area contributed by atoms with Crippen molar-refractivity contribution >= 4 is 12.2 Å². The molecular weight excluding hydrogens is 294 g/mol. The smallest absolute Gasteiger partial charge is 0.332 e. The number of nitrogens with two attached hydrogens (primary N) is 1. The molecule has 0 aromatic heterocycles. The zero-order valence-corrected chi connectivity index (χ0v) is 12.9. The van der Waals surface area contributed by atoms with Gasteiger partial charge in [-0.15, -0.1) is 0 Å². The van der Waals surface area contributed by atoms with Crippen LogP contribution < -0.4 is 20.6 Å². The van der Waals surface area contributed by atoms with Gasteiger partial charge in [0, 0.05) is 0 Å².